The summed E-state index contributed by atoms with van der Waals surface area (Å²) >= 11 is 6.07. The number of carbonyl (C=O) groups excluding carboxylic acids is 1. The van der Waals surface area contributed by atoms with Crippen LogP contribution in [0.3, 0.4) is 0 Å². The van der Waals surface area contributed by atoms with E-state index >= 15 is 0 Å². The van der Waals surface area contributed by atoms with Gasteiger partial charge in [-0.15, -0.1) is 0 Å². The van der Waals surface area contributed by atoms with Crippen LogP contribution in [0, 0.1) is 5.92 Å². The number of amides is 1. The predicted molar refractivity (Wildman–Crippen MR) is 125 cm³/mol. The average Bonchev–Trinajstić information content (AvgIpc) is 3.22. The summed E-state index contributed by atoms with van der Waals surface area (Å²) in [5, 5.41) is 26.3. The Bertz CT molecular complexity index is 1090. The zero-order valence-corrected chi connectivity index (χ0v) is 19.2. The number of carbonyl (C=O) groups is 2. The van der Waals surface area contributed by atoms with E-state index in [2.05, 4.69) is 10.5 Å². The van der Waals surface area contributed by atoms with Crippen molar-refractivity contribution in [2.24, 2.45) is 5.92 Å². The number of aliphatic hydroxyl groups excluding tert-OH is 1. The van der Waals surface area contributed by atoms with Gasteiger partial charge in [0, 0.05) is 23.6 Å². The molecule has 3 N–H and O–H groups in total. The van der Waals surface area contributed by atoms with E-state index in [1.54, 1.807) is 12.1 Å². The van der Waals surface area contributed by atoms with Crippen molar-refractivity contribution in [3.8, 4) is 11.1 Å². The van der Waals surface area contributed by atoms with Crippen LogP contribution in [0.4, 0.5) is 0 Å². The number of aromatic nitrogens is 1. The summed E-state index contributed by atoms with van der Waals surface area (Å²) in [5.74, 6) is -1.43. The molecule has 0 aliphatic heterocycles. The topological polar surface area (TPSA) is 113 Å². The molecule has 0 unspecified atom stereocenters. The largest absolute Gasteiger partial charge is 0.479 e. The van der Waals surface area contributed by atoms with Crippen molar-refractivity contribution in [1.29, 1.82) is 0 Å². The summed E-state index contributed by atoms with van der Waals surface area (Å²) in [6, 6.07) is 16.1. The van der Waals surface area contributed by atoms with Gasteiger partial charge in [-0.25, -0.2) is 4.79 Å². The molecular weight excluding hydrogens is 444 g/mol. The molecule has 174 valence electrons. The van der Waals surface area contributed by atoms with Crippen LogP contribution in [0.25, 0.3) is 11.1 Å². The minimum atomic E-state index is -1.60. The highest BCUT2D eigenvalue weighted by Gasteiger charge is 2.24. The third-order valence-electron chi connectivity index (χ3n) is 5.12. The molecule has 33 heavy (non-hydrogen) atoms. The molecule has 7 nitrogen and oxygen atoms in total. The number of hydrogen-bond acceptors (Lipinski definition) is 5. The molecule has 1 heterocycles. The van der Waals surface area contributed by atoms with Gasteiger partial charge in [0.1, 0.15) is 0 Å². The predicted octanol–water partition coefficient (Wildman–Crippen LogP) is 4.37. The zero-order chi connectivity index (χ0) is 24.0. The van der Waals surface area contributed by atoms with Crippen molar-refractivity contribution in [2.75, 3.05) is 0 Å². The lowest BCUT2D eigenvalue weighted by atomic mass is 9.97. The van der Waals surface area contributed by atoms with Crippen LogP contribution in [0.5, 0.6) is 0 Å². The van der Waals surface area contributed by atoms with E-state index in [9.17, 15) is 14.7 Å². The molecule has 0 saturated carbocycles. The lowest BCUT2D eigenvalue weighted by molar-refractivity contribution is -0.147. The van der Waals surface area contributed by atoms with Crippen molar-refractivity contribution >= 4 is 23.5 Å². The number of aliphatic carboxylic acids is 1. The molecule has 2 aromatic carbocycles. The standard InChI is InChI=1S/C25H27ClN2O5/c1-15(2)10-21-14-23(33-28-21)24(30)27-20(13-22(29)25(31)32)11-16-6-8-17(9-7-16)18-4-3-5-19(26)12-18/h3-9,12,14-15,20,22,29H,10-11,13H2,1-2H3,(H,27,30)(H,31,32)/t20-,22-/m1/s1. The van der Waals surface area contributed by atoms with Crippen molar-refractivity contribution in [1.82, 2.24) is 10.5 Å². The lowest BCUT2D eigenvalue weighted by Gasteiger charge is -2.20. The summed E-state index contributed by atoms with van der Waals surface area (Å²) in [6.45, 7) is 4.07. The summed E-state index contributed by atoms with van der Waals surface area (Å²) in [4.78, 5) is 23.9. The van der Waals surface area contributed by atoms with Gasteiger partial charge in [-0.1, -0.05) is 67.0 Å². The maximum Gasteiger partial charge on any atom is 0.332 e. The fraction of sp³-hybridized carbons (Fsp3) is 0.320. The first kappa shape index (κ1) is 24.5. The summed E-state index contributed by atoms with van der Waals surface area (Å²) in [5.41, 5.74) is 3.50. The van der Waals surface area contributed by atoms with Gasteiger partial charge in [0.2, 0.25) is 5.76 Å². The summed E-state index contributed by atoms with van der Waals surface area (Å²) < 4.78 is 5.15. The molecule has 0 bridgehead atoms. The minimum Gasteiger partial charge on any atom is -0.479 e. The van der Waals surface area contributed by atoms with Gasteiger partial charge in [-0.05, 0) is 47.6 Å². The van der Waals surface area contributed by atoms with E-state index in [4.69, 9.17) is 21.2 Å². The number of halogens is 1. The molecule has 0 fully saturated rings. The first-order valence-corrected chi connectivity index (χ1v) is 11.1. The van der Waals surface area contributed by atoms with Crippen molar-refractivity contribution in [3.05, 3.63) is 76.6 Å². The number of rotatable bonds is 10. The zero-order valence-electron chi connectivity index (χ0n) is 18.5. The van der Waals surface area contributed by atoms with Gasteiger partial charge in [-0.3, -0.25) is 4.79 Å². The van der Waals surface area contributed by atoms with Crippen molar-refractivity contribution < 1.29 is 24.3 Å². The van der Waals surface area contributed by atoms with Crippen LogP contribution in [-0.2, 0) is 17.6 Å². The summed E-state index contributed by atoms with van der Waals surface area (Å²) in [7, 11) is 0. The second-order valence-corrected chi connectivity index (χ2v) is 8.89. The second kappa shape index (κ2) is 11.1. The molecule has 2 atom stereocenters. The SMILES string of the molecule is CC(C)Cc1cc(C(=O)N[C@H](Cc2ccc(-c3cccc(Cl)c3)cc2)C[C@@H](O)C(=O)O)on1. The van der Waals surface area contributed by atoms with Gasteiger partial charge in [0.15, 0.2) is 6.10 Å². The Morgan fingerprint density at radius 3 is 2.42 bits per heavy atom. The number of hydrogen-bond donors (Lipinski definition) is 3. The highest BCUT2D eigenvalue weighted by Crippen LogP contribution is 2.23. The van der Waals surface area contributed by atoms with Crippen LogP contribution < -0.4 is 5.32 Å². The minimum absolute atomic E-state index is 0.0526. The van der Waals surface area contributed by atoms with E-state index in [0.717, 1.165) is 16.7 Å². The smallest absolute Gasteiger partial charge is 0.332 e. The second-order valence-electron chi connectivity index (χ2n) is 8.45. The monoisotopic (exact) mass is 470 g/mol. The average molecular weight is 471 g/mol. The lowest BCUT2D eigenvalue weighted by Crippen LogP contribution is -2.40. The van der Waals surface area contributed by atoms with Crippen molar-refractivity contribution in [2.45, 2.75) is 45.3 Å². The van der Waals surface area contributed by atoms with Gasteiger partial charge < -0.3 is 20.1 Å². The Morgan fingerprint density at radius 1 is 1.06 bits per heavy atom. The third-order valence-corrected chi connectivity index (χ3v) is 5.36. The quantitative estimate of drug-likeness (QED) is 0.405. The van der Waals surface area contributed by atoms with E-state index in [0.29, 0.717) is 29.5 Å². The summed E-state index contributed by atoms with van der Waals surface area (Å²) in [6.07, 6.45) is -0.743. The molecular formula is C25H27ClN2O5. The molecule has 0 radical (unpaired) electrons. The number of carboxylic acids is 1. The third kappa shape index (κ3) is 7.17. The number of aliphatic hydroxyl groups is 1. The Labute approximate surface area is 197 Å². The Morgan fingerprint density at radius 2 is 1.79 bits per heavy atom. The maximum absolute atomic E-state index is 12.7. The van der Waals surface area contributed by atoms with Gasteiger partial charge >= 0.3 is 5.97 Å². The first-order valence-electron chi connectivity index (χ1n) is 10.7. The molecule has 0 aliphatic rings. The first-order chi connectivity index (χ1) is 15.7. The fourth-order valence-electron chi connectivity index (χ4n) is 3.54. The highest BCUT2D eigenvalue weighted by molar-refractivity contribution is 6.30. The number of nitrogens with one attached hydrogen (secondary N) is 1. The van der Waals surface area contributed by atoms with E-state index < -0.39 is 24.0 Å². The Balaban J connectivity index is 1.73. The molecule has 3 rings (SSSR count). The molecule has 0 spiro atoms. The molecule has 1 aromatic heterocycles. The molecule has 1 amide bonds. The van der Waals surface area contributed by atoms with Crippen molar-refractivity contribution in [3.63, 3.8) is 0 Å². The normalized spacial score (nSPS) is 13.0. The van der Waals surface area contributed by atoms with Gasteiger partial charge in [0.05, 0.1) is 5.69 Å². The highest BCUT2D eigenvalue weighted by atomic mass is 35.5. The van der Waals surface area contributed by atoms with Crippen LogP contribution >= 0.6 is 11.6 Å². The molecule has 3 aromatic rings. The van der Waals surface area contributed by atoms with E-state index in [-0.39, 0.29) is 12.2 Å². The van der Waals surface area contributed by atoms with Crippen LogP contribution in [0.2, 0.25) is 5.02 Å². The van der Waals surface area contributed by atoms with Crippen LogP contribution in [0.15, 0.2) is 59.1 Å². The van der Waals surface area contributed by atoms with Gasteiger partial charge in [-0.2, -0.15) is 0 Å². The number of benzene rings is 2. The van der Waals surface area contributed by atoms with Gasteiger partial charge in [0.25, 0.3) is 5.91 Å². The van der Waals surface area contributed by atoms with Crippen LogP contribution in [0.1, 0.15) is 42.1 Å². The number of nitrogens with zero attached hydrogens (tertiary/aromatic N) is 1. The Hall–Kier alpha value is -3.16. The molecule has 8 heteroatoms. The fourth-order valence-corrected chi connectivity index (χ4v) is 3.73. The number of carboxylic acid groups (broad SMARTS) is 1. The van der Waals surface area contributed by atoms with E-state index in [1.165, 1.54) is 0 Å². The Kier molecular flexibility index (Phi) is 8.25. The van der Waals surface area contributed by atoms with Crippen LogP contribution in [-0.4, -0.2) is 39.4 Å². The van der Waals surface area contributed by atoms with E-state index in [1.807, 2.05) is 56.3 Å². The molecule has 0 saturated heterocycles. The molecule has 0 aliphatic carbocycles. The maximum atomic E-state index is 12.7.